The number of para-hydroxylation sites is 1. The molecule has 4 nitrogen and oxygen atoms in total. The van der Waals surface area contributed by atoms with E-state index in [2.05, 4.69) is 0 Å². The lowest BCUT2D eigenvalue weighted by Gasteiger charge is -2.16. The fourth-order valence-electron chi connectivity index (χ4n) is 2.32. The maximum Gasteiger partial charge on any atom is 0.337 e. The third-order valence-corrected chi connectivity index (χ3v) is 3.98. The standard InChI is InChI=1S/C15H15NO3S/c1-9-8-13(17)16(10(2)14(9)15(18)19)11-6-4-5-7-12(11)20-3/h4-8H,1-3H3,(H,18,19). The van der Waals surface area contributed by atoms with E-state index in [9.17, 15) is 14.7 Å². The molecular formula is C15H15NO3S. The van der Waals surface area contributed by atoms with Crippen LogP contribution in [-0.4, -0.2) is 21.9 Å². The zero-order valence-electron chi connectivity index (χ0n) is 11.5. The van der Waals surface area contributed by atoms with Crippen LogP contribution in [0.5, 0.6) is 0 Å². The second-order valence-electron chi connectivity index (χ2n) is 4.44. The number of thioether (sulfide) groups is 1. The summed E-state index contributed by atoms with van der Waals surface area (Å²) in [7, 11) is 0. The Bertz CT molecular complexity index is 734. The van der Waals surface area contributed by atoms with Crippen molar-refractivity contribution in [3.05, 3.63) is 57.5 Å². The molecule has 0 amide bonds. The van der Waals surface area contributed by atoms with E-state index in [1.165, 1.54) is 22.4 Å². The van der Waals surface area contributed by atoms with Crippen molar-refractivity contribution < 1.29 is 9.90 Å². The highest BCUT2D eigenvalue weighted by molar-refractivity contribution is 7.98. The molecule has 2 aromatic rings. The van der Waals surface area contributed by atoms with Crippen molar-refractivity contribution in [3.8, 4) is 5.69 Å². The minimum Gasteiger partial charge on any atom is -0.478 e. The summed E-state index contributed by atoms with van der Waals surface area (Å²) in [5, 5.41) is 9.31. The first-order valence-electron chi connectivity index (χ1n) is 6.07. The number of carboxylic acids is 1. The molecule has 0 aliphatic carbocycles. The van der Waals surface area contributed by atoms with Crippen LogP contribution in [0.15, 0.2) is 40.0 Å². The molecule has 1 heterocycles. The van der Waals surface area contributed by atoms with Crippen molar-refractivity contribution in [1.82, 2.24) is 4.57 Å². The minimum atomic E-state index is -1.02. The second kappa shape index (κ2) is 5.54. The number of hydrogen-bond acceptors (Lipinski definition) is 3. The van der Waals surface area contributed by atoms with Crippen LogP contribution < -0.4 is 5.56 Å². The summed E-state index contributed by atoms with van der Waals surface area (Å²) < 4.78 is 1.46. The van der Waals surface area contributed by atoms with Crippen molar-refractivity contribution >= 4 is 17.7 Å². The molecule has 0 saturated carbocycles. The molecule has 104 valence electrons. The quantitative estimate of drug-likeness (QED) is 0.883. The lowest BCUT2D eigenvalue weighted by Crippen LogP contribution is -2.24. The molecule has 1 N–H and O–H groups in total. The Balaban J connectivity index is 2.85. The van der Waals surface area contributed by atoms with Crippen LogP contribution in [0.1, 0.15) is 21.6 Å². The summed E-state index contributed by atoms with van der Waals surface area (Å²) in [6, 6.07) is 8.82. The molecule has 1 aromatic heterocycles. The second-order valence-corrected chi connectivity index (χ2v) is 5.29. The van der Waals surface area contributed by atoms with Gasteiger partial charge in [0, 0.05) is 16.7 Å². The van der Waals surface area contributed by atoms with Gasteiger partial charge in [0.05, 0.1) is 11.3 Å². The molecule has 0 fully saturated rings. The summed E-state index contributed by atoms with van der Waals surface area (Å²) in [5.74, 6) is -1.02. The summed E-state index contributed by atoms with van der Waals surface area (Å²) in [6.45, 7) is 3.30. The molecule has 0 spiro atoms. The Morgan fingerprint density at radius 1 is 1.25 bits per heavy atom. The van der Waals surface area contributed by atoms with Crippen molar-refractivity contribution in [2.75, 3.05) is 6.26 Å². The third-order valence-electron chi connectivity index (χ3n) is 3.19. The lowest BCUT2D eigenvalue weighted by molar-refractivity contribution is 0.0694. The maximum absolute atomic E-state index is 12.3. The van der Waals surface area contributed by atoms with Crippen molar-refractivity contribution in [2.45, 2.75) is 18.7 Å². The first-order chi connectivity index (χ1) is 9.47. The highest BCUT2D eigenvalue weighted by Gasteiger charge is 2.17. The highest BCUT2D eigenvalue weighted by atomic mass is 32.2. The molecule has 0 bridgehead atoms. The van der Waals surface area contributed by atoms with E-state index in [1.807, 2.05) is 30.5 Å². The molecule has 5 heteroatoms. The van der Waals surface area contributed by atoms with Gasteiger partial charge in [-0.05, 0) is 37.8 Å². The van der Waals surface area contributed by atoms with Crippen LogP contribution in [0.25, 0.3) is 5.69 Å². The normalized spacial score (nSPS) is 10.6. The van der Waals surface area contributed by atoms with E-state index in [4.69, 9.17) is 0 Å². The predicted octanol–water partition coefficient (Wildman–Crippen LogP) is 2.87. The van der Waals surface area contributed by atoms with Crippen molar-refractivity contribution in [1.29, 1.82) is 0 Å². The van der Waals surface area contributed by atoms with Gasteiger partial charge < -0.3 is 5.11 Å². The molecule has 0 saturated heterocycles. The highest BCUT2D eigenvalue weighted by Crippen LogP contribution is 2.25. The topological polar surface area (TPSA) is 59.3 Å². The summed E-state index contributed by atoms with van der Waals surface area (Å²) >= 11 is 1.52. The number of carbonyl (C=O) groups is 1. The van der Waals surface area contributed by atoms with Crippen LogP contribution in [0.3, 0.4) is 0 Å². The van der Waals surface area contributed by atoms with E-state index < -0.39 is 5.97 Å². The molecule has 20 heavy (non-hydrogen) atoms. The Labute approximate surface area is 121 Å². The van der Waals surface area contributed by atoms with Gasteiger partial charge in [-0.2, -0.15) is 0 Å². The number of aryl methyl sites for hydroxylation is 1. The van der Waals surface area contributed by atoms with E-state index in [0.29, 0.717) is 16.9 Å². The number of aromatic nitrogens is 1. The Hall–Kier alpha value is -2.01. The van der Waals surface area contributed by atoms with Gasteiger partial charge in [-0.25, -0.2) is 4.79 Å². The van der Waals surface area contributed by atoms with Gasteiger partial charge in [-0.3, -0.25) is 9.36 Å². The number of hydrogen-bond donors (Lipinski definition) is 1. The molecule has 2 rings (SSSR count). The molecule has 0 aliphatic rings. The Morgan fingerprint density at radius 3 is 2.50 bits per heavy atom. The molecule has 0 atom stereocenters. The van der Waals surface area contributed by atoms with Gasteiger partial charge in [0.1, 0.15) is 0 Å². The zero-order valence-corrected chi connectivity index (χ0v) is 12.3. The fraction of sp³-hybridized carbons (Fsp3) is 0.200. The number of rotatable bonds is 3. The summed E-state index contributed by atoms with van der Waals surface area (Å²) in [6.07, 6.45) is 1.92. The number of pyridine rings is 1. The smallest absolute Gasteiger partial charge is 0.337 e. The summed E-state index contributed by atoms with van der Waals surface area (Å²) in [5.41, 5.74) is 1.61. The molecule has 0 aliphatic heterocycles. The summed E-state index contributed by atoms with van der Waals surface area (Å²) in [4.78, 5) is 24.6. The average molecular weight is 289 g/mol. The molecule has 0 radical (unpaired) electrons. The Morgan fingerprint density at radius 2 is 1.90 bits per heavy atom. The SMILES string of the molecule is CSc1ccccc1-n1c(C)c(C(=O)O)c(C)cc1=O. The molecule has 0 unspecified atom stereocenters. The van der Waals surface area contributed by atoms with Gasteiger partial charge in [0.15, 0.2) is 0 Å². The number of nitrogens with zero attached hydrogens (tertiary/aromatic N) is 1. The monoisotopic (exact) mass is 289 g/mol. The largest absolute Gasteiger partial charge is 0.478 e. The lowest BCUT2D eigenvalue weighted by atomic mass is 10.1. The van der Waals surface area contributed by atoms with Gasteiger partial charge in [0.2, 0.25) is 0 Å². The fourth-order valence-corrected chi connectivity index (χ4v) is 2.90. The first kappa shape index (κ1) is 14.4. The first-order valence-corrected chi connectivity index (χ1v) is 7.29. The number of benzene rings is 1. The minimum absolute atomic E-state index is 0.181. The molecular weight excluding hydrogens is 274 g/mol. The van der Waals surface area contributed by atoms with Gasteiger partial charge in [0.25, 0.3) is 5.56 Å². The number of aromatic carboxylic acids is 1. The van der Waals surface area contributed by atoms with Crippen LogP contribution in [-0.2, 0) is 0 Å². The van der Waals surface area contributed by atoms with E-state index in [1.54, 1.807) is 13.8 Å². The third kappa shape index (κ3) is 2.36. The maximum atomic E-state index is 12.3. The number of carboxylic acid groups (broad SMARTS) is 1. The van der Waals surface area contributed by atoms with Crippen molar-refractivity contribution in [2.24, 2.45) is 0 Å². The Kier molecular flexibility index (Phi) is 3.99. The average Bonchev–Trinajstić information content (AvgIpc) is 2.38. The van der Waals surface area contributed by atoms with E-state index in [0.717, 1.165) is 4.90 Å². The molecule has 1 aromatic carbocycles. The predicted molar refractivity (Wildman–Crippen MR) is 80.3 cm³/mol. The van der Waals surface area contributed by atoms with Gasteiger partial charge in [-0.1, -0.05) is 12.1 Å². The zero-order chi connectivity index (χ0) is 14.9. The van der Waals surface area contributed by atoms with Crippen molar-refractivity contribution in [3.63, 3.8) is 0 Å². The van der Waals surface area contributed by atoms with Crippen LogP contribution in [0.2, 0.25) is 0 Å². The van der Waals surface area contributed by atoms with Gasteiger partial charge >= 0.3 is 5.97 Å². The van der Waals surface area contributed by atoms with Crippen LogP contribution >= 0.6 is 11.8 Å². The van der Waals surface area contributed by atoms with Gasteiger partial charge in [-0.15, -0.1) is 11.8 Å². The van der Waals surface area contributed by atoms with E-state index >= 15 is 0 Å². The van der Waals surface area contributed by atoms with Crippen LogP contribution in [0.4, 0.5) is 0 Å². The van der Waals surface area contributed by atoms with E-state index in [-0.39, 0.29) is 11.1 Å². The van der Waals surface area contributed by atoms with Crippen LogP contribution in [0, 0.1) is 13.8 Å².